The van der Waals surface area contributed by atoms with E-state index in [0.717, 1.165) is 58.8 Å². The molecule has 2 aromatic carbocycles. The monoisotopic (exact) mass is 519 g/mol. The normalized spacial score (nSPS) is 14.2. The van der Waals surface area contributed by atoms with Gasteiger partial charge in [0.15, 0.2) is 0 Å². The van der Waals surface area contributed by atoms with Gasteiger partial charge in [-0.3, -0.25) is 4.79 Å². The molecule has 1 saturated heterocycles. The Kier molecular flexibility index (Phi) is 8.18. The average Bonchev–Trinajstić information content (AvgIpc) is 3.41. The molecular weight excluding hydrogens is 486 g/mol. The number of aromatic nitrogens is 2. The third-order valence-corrected chi connectivity index (χ3v) is 7.35. The summed E-state index contributed by atoms with van der Waals surface area (Å²) in [5.41, 5.74) is 2.40. The molecule has 1 fully saturated rings. The first-order valence-corrected chi connectivity index (χ1v) is 13.8. The molecule has 0 unspecified atom stereocenters. The smallest absolute Gasteiger partial charge is 0.274 e. The number of thioether (sulfide) groups is 1. The summed E-state index contributed by atoms with van der Waals surface area (Å²) in [4.78, 5) is 16.9. The fraction of sp³-hybridized carbons (Fsp3) is 0.345. The molecule has 0 aliphatic carbocycles. The van der Waals surface area contributed by atoms with Crippen LogP contribution in [0.15, 0.2) is 70.6 Å². The van der Waals surface area contributed by atoms with Gasteiger partial charge in [0.25, 0.3) is 5.56 Å². The molecule has 0 atom stereocenters. The van der Waals surface area contributed by atoms with E-state index in [1.807, 2.05) is 42.6 Å². The highest BCUT2D eigenvalue weighted by atomic mass is 32.2. The summed E-state index contributed by atoms with van der Waals surface area (Å²) in [6, 6.07) is 15.8. The molecule has 4 aromatic rings. The summed E-state index contributed by atoms with van der Waals surface area (Å²) in [5, 5.41) is 4.22. The molecule has 8 heteroatoms. The van der Waals surface area contributed by atoms with Crippen LogP contribution in [0.5, 0.6) is 17.2 Å². The third-order valence-electron chi connectivity index (χ3n) is 6.47. The van der Waals surface area contributed by atoms with Crippen molar-refractivity contribution in [1.82, 2.24) is 14.9 Å². The van der Waals surface area contributed by atoms with E-state index in [0.29, 0.717) is 36.3 Å². The molecule has 194 valence electrons. The van der Waals surface area contributed by atoms with E-state index in [-0.39, 0.29) is 5.56 Å². The van der Waals surface area contributed by atoms with Crippen molar-refractivity contribution in [3.05, 3.63) is 71.3 Å². The Morgan fingerprint density at radius 1 is 1.03 bits per heavy atom. The van der Waals surface area contributed by atoms with Crippen molar-refractivity contribution < 1.29 is 14.2 Å². The third kappa shape index (κ3) is 6.04. The zero-order valence-electron chi connectivity index (χ0n) is 21.3. The summed E-state index contributed by atoms with van der Waals surface area (Å²) in [5.74, 6) is 3.10. The van der Waals surface area contributed by atoms with Crippen molar-refractivity contribution >= 4 is 22.7 Å². The molecule has 0 bridgehead atoms. The first-order chi connectivity index (χ1) is 18.1. The lowest BCUT2D eigenvalue weighted by molar-refractivity contribution is 0.0168. The Labute approximate surface area is 221 Å². The molecule has 7 nitrogen and oxygen atoms in total. The predicted octanol–water partition coefficient (Wildman–Crippen LogP) is 5.59. The first kappa shape index (κ1) is 25.4. The number of fused-ring (bicyclic) bond motifs is 1. The Balaban J connectivity index is 1.37. The number of rotatable bonds is 10. The zero-order chi connectivity index (χ0) is 25.6. The molecule has 0 saturated carbocycles. The lowest BCUT2D eigenvalue weighted by atomic mass is 10.0. The Bertz CT molecular complexity index is 1410. The van der Waals surface area contributed by atoms with E-state index in [9.17, 15) is 4.79 Å². The molecule has 0 spiro atoms. The van der Waals surface area contributed by atoms with Gasteiger partial charge in [-0.05, 0) is 68.1 Å². The topological polar surface area (TPSA) is 77.5 Å². The Hall–Kier alpha value is -3.20. The van der Waals surface area contributed by atoms with Gasteiger partial charge in [-0.2, -0.15) is 0 Å². The number of H-pyrrole nitrogens is 1. The van der Waals surface area contributed by atoms with Crippen molar-refractivity contribution in [2.24, 2.45) is 7.05 Å². The fourth-order valence-electron chi connectivity index (χ4n) is 4.64. The van der Waals surface area contributed by atoms with Crippen molar-refractivity contribution in [3.63, 3.8) is 0 Å². The number of hydrogen-bond acceptors (Lipinski definition) is 6. The van der Waals surface area contributed by atoms with Crippen molar-refractivity contribution in [3.8, 4) is 28.4 Å². The summed E-state index contributed by atoms with van der Waals surface area (Å²) in [6.07, 6.45) is 6.09. The van der Waals surface area contributed by atoms with Crippen LogP contribution < -0.4 is 20.3 Å². The molecule has 5 rings (SSSR count). The predicted molar refractivity (Wildman–Crippen MR) is 149 cm³/mol. The number of nitrogens with one attached hydrogen (secondary N) is 2. The van der Waals surface area contributed by atoms with Crippen LogP contribution in [-0.2, 0) is 11.8 Å². The van der Waals surface area contributed by atoms with Crippen LogP contribution in [-0.4, -0.2) is 47.7 Å². The van der Waals surface area contributed by atoms with Gasteiger partial charge in [-0.25, -0.2) is 0 Å². The fourth-order valence-corrected chi connectivity index (χ4v) is 5.34. The molecular formula is C29H33N3O4S. The van der Waals surface area contributed by atoms with Gasteiger partial charge < -0.3 is 29.1 Å². The van der Waals surface area contributed by atoms with Crippen LogP contribution in [0.1, 0.15) is 19.8 Å². The van der Waals surface area contributed by atoms with Crippen molar-refractivity contribution in [2.75, 3.05) is 32.1 Å². The lowest BCUT2D eigenvalue weighted by Gasteiger charge is -2.22. The minimum Gasteiger partial charge on any atom is -0.491 e. The molecule has 0 radical (unpaired) electrons. The minimum absolute atomic E-state index is 0.0562. The van der Waals surface area contributed by atoms with E-state index in [1.165, 1.54) is 0 Å². The quantitative estimate of drug-likeness (QED) is 0.210. The van der Waals surface area contributed by atoms with E-state index >= 15 is 0 Å². The number of aryl methyl sites for hydroxylation is 1. The minimum atomic E-state index is -0.0562. The van der Waals surface area contributed by atoms with Gasteiger partial charge in [0.05, 0.1) is 12.7 Å². The summed E-state index contributed by atoms with van der Waals surface area (Å²) >= 11 is 1.77. The van der Waals surface area contributed by atoms with Gasteiger partial charge >= 0.3 is 0 Å². The molecule has 0 amide bonds. The average molecular weight is 520 g/mol. The highest BCUT2D eigenvalue weighted by Crippen LogP contribution is 2.39. The lowest BCUT2D eigenvalue weighted by Crippen LogP contribution is -2.33. The van der Waals surface area contributed by atoms with Crippen LogP contribution >= 0.6 is 11.8 Å². The van der Waals surface area contributed by atoms with E-state index in [2.05, 4.69) is 29.4 Å². The van der Waals surface area contributed by atoms with Crippen LogP contribution in [0, 0.1) is 0 Å². The standard InChI is InChI=1S/C29H33N3O4S/c1-3-37-23-7-8-27(25(18-23)26-19-32(2)29(33)28-24(26)11-14-31-28)36-22-6-4-5-21(17-22)35-16-15-34-20-9-12-30-13-10-20/h4-8,11,14,17-20,30-31H,3,9-10,12-13,15-16H2,1-2H3. The summed E-state index contributed by atoms with van der Waals surface area (Å²) in [6.45, 7) is 5.22. The molecule has 37 heavy (non-hydrogen) atoms. The molecule has 1 aliphatic heterocycles. The maximum Gasteiger partial charge on any atom is 0.274 e. The Morgan fingerprint density at radius 2 is 1.86 bits per heavy atom. The van der Waals surface area contributed by atoms with Gasteiger partial charge in [0.1, 0.15) is 29.4 Å². The van der Waals surface area contributed by atoms with Crippen LogP contribution in [0.4, 0.5) is 0 Å². The maximum absolute atomic E-state index is 12.6. The SMILES string of the molecule is CCSc1ccc(Oc2cccc(OCCOC3CCNCC3)c2)c(-c2cn(C)c(=O)c3[nH]ccc23)c1. The van der Waals surface area contributed by atoms with Crippen LogP contribution in [0.2, 0.25) is 0 Å². The molecule has 2 aromatic heterocycles. The largest absolute Gasteiger partial charge is 0.491 e. The maximum atomic E-state index is 12.6. The van der Waals surface area contributed by atoms with Gasteiger partial charge in [-0.1, -0.05) is 13.0 Å². The van der Waals surface area contributed by atoms with Crippen LogP contribution in [0.3, 0.4) is 0 Å². The van der Waals surface area contributed by atoms with E-state index in [1.54, 1.807) is 29.6 Å². The number of hydrogen-bond donors (Lipinski definition) is 2. The Morgan fingerprint density at radius 3 is 2.70 bits per heavy atom. The van der Waals surface area contributed by atoms with E-state index < -0.39 is 0 Å². The first-order valence-electron chi connectivity index (χ1n) is 12.8. The van der Waals surface area contributed by atoms with Gasteiger partial charge in [-0.15, -0.1) is 11.8 Å². The zero-order valence-corrected chi connectivity index (χ0v) is 22.1. The summed E-state index contributed by atoms with van der Waals surface area (Å²) < 4.78 is 19.9. The highest BCUT2D eigenvalue weighted by molar-refractivity contribution is 7.99. The number of aromatic amines is 1. The number of piperidine rings is 1. The second-order valence-electron chi connectivity index (χ2n) is 9.06. The number of pyridine rings is 1. The molecule has 1 aliphatic rings. The summed E-state index contributed by atoms with van der Waals surface area (Å²) in [7, 11) is 1.77. The number of benzene rings is 2. The number of nitrogens with zero attached hydrogens (tertiary/aromatic N) is 1. The van der Waals surface area contributed by atoms with Gasteiger partial charge in [0, 0.05) is 46.9 Å². The molecule has 3 heterocycles. The van der Waals surface area contributed by atoms with E-state index in [4.69, 9.17) is 14.2 Å². The van der Waals surface area contributed by atoms with Gasteiger partial charge in [0.2, 0.25) is 0 Å². The van der Waals surface area contributed by atoms with Crippen LogP contribution in [0.25, 0.3) is 22.0 Å². The second kappa shape index (κ2) is 11.9. The van der Waals surface area contributed by atoms with Crippen molar-refractivity contribution in [2.45, 2.75) is 30.8 Å². The number of ether oxygens (including phenoxy) is 3. The second-order valence-corrected chi connectivity index (χ2v) is 10.4. The molecule has 2 N–H and O–H groups in total. The van der Waals surface area contributed by atoms with Crippen molar-refractivity contribution in [1.29, 1.82) is 0 Å². The highest BCUT2D eigenvalue weighted by Gasteiger charge is 2.16.